The number of hydrogen-bond donors (Lipinski definition) is 2. The molecule has 0 radical (unpaired) electrons. The topological polar surface area (TPSA) is 24.1 Å². The van der Waals surface area contributed by atoms with E-state index in [9.17, 15) is 0 Å². The van der Waals surface area contributed by atoms with Crippen molar-refractivity contribution in [2.45, 2.75) is 25.8 Å². The van der Waals surface area contributed by atoms with Crippen LogP contribution in [0.4, 0.5) is 0 Å². The predicted molar refractivity (Wildman–Crippen MR) is 78.8 cm³/mol. The van der Waals surface area contributed by atoms with Crippen LogP contribution in [0.2, 0.25) is 5.02 Å². The summed E-state index contributed by atoms with van der Waals surface area (Å²) in [4.78, 5) is 0. The van der Waals surface area contributed by atoms with Crippen LogP contribution in [0, 0.1) is 0 Å². The van der Waals surface area contributed by atoms with Gasteiger partial charge in [-0.1, -0.05) is 42.6 Å². The van der Waals surface area contributed by atoms with E-state index in [1.807, 2.05) is 25.2 Å². The largest absolute Gasteiger partial charge is 0.318 e. The molecule has 0 aliphatic heterocycles. The Kier molecular flexibility index (Phi) is 7.69. The average molecular weight is 273 g/mol. The van der Waals surface area contributed by atoms with Crippen LogP contribution in [0.3, 0.4) is 0 Å². The number of aryl methyl sites for hydroxylation is 1. The van der Waals surface area contributed by atoms with Crippen LogP contribution in [-0.4, -0.2) is 25.4 Å². The number of halogens is 1. The van der Waals surface area contributed by atoms with Gasteiger partial charge in [0.1, 0.15) is 0 Å². The number of nitrogens with one attached hydrogen (secondary N) is 2. The summed E-state index contributed by atoms with van der Waals surface area (Å²) in [6.07, 6.45) is 2.19. The molecule has 0 spiro atoms. The maximum Gasteiger partial charge on any atom is 0.0408 e. The molecule has 0 fully saturated rings. The van der Waals surface area contributed by atoms with Gasteiger partial charge >= 0.3 is 0 Å². The van der Waals surface area contributed by atoms with Crippen LogP contribution in [0.25, 0.3) is 0 Å². The van der Waals surface area contributed by atoms with Crippen molar-refractivity contribution in [3.63, 3.8) is 0 Å². The average Bonchev–Trinajstić information content (AvgIpc) is 2.33. The molecule has 0 aliphatic carbocycles. The van der Waals surface area contributed by atoms with Crippen LogP contribution in [0.1, 0.15) is 18.9 Å². The Bertz CT molecular complexity index is 320. The zero-order chi connectivity index (χ0) is 12.5. The first-order chi connectivity index (χ1) is 8.26. The fourth-order valence-corrected chi connectivity index (χ4v) is 2.71. The van der Waals surface area contributed by atoms with Gasteiger partial charge in [-0.3, -0.25) is 4.72 Å². The Labute approximate surface area is 114 Å². The van der Waals surface area contributed by atoms with Gasteiger partial charge in [-0.25, -0.2) is 0 Å². The third-order valence-corrected chi connectivity index (χ3v) is 3.72. The third-order valence-electron chi connectivity index (χ3n) is 2.58. The number of hydrogen-bond acceptors (Lipinski definition) is 3. The molecule has 0 amide bonds. The number of rotatable bonds is 8. The lowest BCUT2D eigenvalue weighted by molar-refractivity contribution is 0.571. The SMILES string of the molecule is CCC(CNC)NSCCc1cccc(Cl)c1. The summed E-state index contributed by atoms with van der Waals surface area (Å²) < 4.78 is 3.48. The van der Waals surface area contributed by atoms with Crippen molar-refractivity contribution in [1.29, 1.82) is 0 Å². The van der Waals surface area contributed by atoms with E-state index in [4.69, 9.17) is 11.6 Å². The van der Waals surface area contributed by atoms with E-state index in [-0.39, 0.29) is 0 Å². The Morgan fingerprint density at radius 2 is 2.24 bits per heavy atom. The first-order valence-electron chi connectivity index (χ1n) is 6.02. The molecule has 1 rings (SSSR count). The lowest BCUT2D eigenvalue weighted by Gasteiger charge is -2.15. The molecule has 0 saturated carbocycles. The fourth-order valence-electron chi connectivity index (χ4n) is 1.55. The van der Waals surface area contributed by atoms with Gasteiger partial charge in [0.25, 0.3) is 0 Å². The van der Waals surface area contributed by atoms with Crippen molar-refractivity contribution in [3.8, 4) is 0 Å². The van der Waals surface area contributed by atoms with Gasteiger partial charge in [-0.2, -0.15) is 0 Å². The first kappa shape index (κ1) is 14.8. The predicted octanol–water partition coefficient (Wildman–Crippen LogP) is 3.12. The molecule has 4 heteroatoms. The van der Waals surface area contributed by atoms with Crippen molar-refractivity contribution >= 4 is 23.5 Å². The highest BCUT2D eigenvalue weighted by atomic mass is 35.5. The summed E-state index contributed by atoms with van der Waals surface area (Å²) in [7, 11) is 1.99. The highest BCUT2D eigenvalue weighted by molar-refractivity contribution is 7.97. The van der Waals surface area contributed by atoms with Gasteiger partial charge in [0, 0.05) is 23.4 Å². The first-order valence-corrected chi connectivity index (χ1v) is 7.39. The van der Waals surface area contributed by atoms with Crippen molar-refractivity contribution < 1.29 is 0 Å². The minimum absolute atomic E-state index is 0.546. The summed E-state index contributed by atoms with van der Waals surface area (Å²) >= 11 is 7.73. The van der Waals surface area contributed by atoms with Crippen molar-refractivity contribution in [2.75, 3.05) is 19.3 Å². The Hall–Kier alpha value is -0.220. The van der Waals surface area contributed by atoms with Crippen LogP contribution < -0.4 is 10.0 Å². The van der Waals surface area contributed by atoms with E-state index >= 15 is 0 Å². The molecular formula is C13H21ClN2S. The van der Waals surface area contributed by atoms with E-state index in [0.29, 0.717) is 6.04 Å². The van der Waals surface area contributed by atoms with E-state index in [2.05, 4.69) is 23.0 Å². The summed E-state index contributed by atoms with van der Waals surface area (Å²) in [6, 6.07) is 8.62. The van der Waals surface area contributed by atoms with E-state index in [0.717, 1.165) is 30.2 Å². The van der Waals surface area contributed by atoms with E-state index < -0.39 is 0 Å². The van der Waals surface area contributed by atoms with Gasteiger partial charge in [0.05, 0.1) is 0 Å². The molecule has 0 aromatic heterocycles. The molecule has 0 heterocycles. The van der Waals surface area contributed by atoms with Gasteiger partial charge in [0.2, 0.25) is 0 Å². The number of likely N-dealkylation sites (N-methyl/N-ethyl adjacent to an activating group) is 1. The lowest BCUT2D eigenvalue weighted by Crippen LogP contribution is -2.33. The molecule has 0 aliphatic rings. The van der Waals surface area contributed by atoms with Gasteiger partial charge in [-0.15, -0.1) is 0 Å². The molecular weight excluding hydrogens is 252 g/mol. The van der Waals surface area contributed by atoms with Crippen molar-refractivity contribution in [2.24, 2.45) is 0 Å². The zero-order valence-corrected chi connectivity index (χ0v) is 12.1. The monoisotopic (exact) mass is 272 g/mol. The minimum Gasteiger partial charge on any atom is -0.318 e. The second-order valence-electron chi connectivity index (χ2n) is 4.01. The molecule has 1 unspecified atom stereocenters. The summed E-state index contributed by atoms with van der Waals surface area (Å²) in [6.45, 7) is 3.22. The van der Waals surface area contributed by atoms with Gasteiger partial charge < -0.3 is 5.32 Å². The molecule has 17 heavy (non-hydrogen) atoms. The van der Waals surface area contributed by atoms with Crippen LogP contribution in [0.5, 0.6) is 0 Å². The Balaban J connectivity index is 2.19. The Morgan fingerprint density at radius 1 is 1.41 bits per heavy atom. The van der Waals surface area contributed by atoms with Crippen molar-refractivity contribution in [1.82, 2.24) is 10.0 Å². The standard InChI is InChI=1S/C13H21ClN2S/c1-3-13(10-15-2)16-17-8-7-11-5-4-6-12(14)9-11/h4-6,9,13,15-16H,3,7-8,10H2,1-2H3. The highest BCUT2D eigenvalue weighted by Gasteiger charge is 2.03. The van der Waals surface area contributed by atoms with Gasteiger partial charge in [-0.05, 0) is 37.6 Å². The highest BCUT2D eigenvalue weighted by Crippen LogP contribution is 2.12. The minimum atomic E-state index is 0.546. The molecule has 2 nitrogen and oxygen atoms in total. The van der Waals surface area contributed by atoms with E-state index in [1.54, 1.807) is 11.9 Å². The molecule has 0 saturated heterocycles. The van der Waals surface area contributed by atoms with Gasteiger partial charge in [0.15, 0.2) is 0 Å². The van der Waals surface area contributed by atoms with Crippen LogP contribution >= 0.6 is 23.5 Å². The molecule has 96 valence electrons. The number of benzene rings is 1. The third kappa shape index (κ3) is 6.32. The molecule has 2 N–H and O–H groups in total. The molecule has 1 aromatic rings. The second kappa shape index (κ2) is 8.81. The van der Waals surface area contributed by atoms with E-state index in [1.165, 1.54) is 5.56 Å². The second-order valence-corrected chi connectivity index (χ2v) is 5.38. The smallest absolute Gasteiger partial charge is 0.0408 e. The van der Waals surface area contributed by atoms with Crippen molar-refractivity contribution in [3.05, 3.63) is 34.9 Å². The lowest BCUT2D eigenvalue weighted by atomic mass is 10.2. The van der Waals surface area contributed by atoms with Crippen LogP contribution in [0.15, 0.2) is 24.3 Å². The summed E-state index contributed by atoms with van der Waals surface area (Å²) in [5.74, 6) is 1.07. The summed E-state index contributed by atoms with van der Waals surface area (Å²) in [5.41, 5.74) is 1.30. The fraction of sp³-hybridized carbons (Fsp3) is 0.538. The maximum atomic E-state index is 5.94. The Morgan fingerprint density at radius 3 is 2.88 bits per heavy atom. The molecule has 1 atom stereocenters. The summed E-state index contributed by atoms with van der Waals surface area (Å²) in [5, 5.41) is 4.01. The molecule has 1 aromatic carbocycles. The normalized spacial score (nSPS) is 12.6. The quantitative estimate of drug-likeness (QED) is 0.562. The maximum absolute atomic E-state index is 5.94. The van der Waals surface area contributed by atoms with Crippen LogP contribution in [-0.2, 0) is 6.42 Å². The zero-order valence-electron chi connectivity index (χ0n) is 10.5. The molecule has 0 bridgehead atoms.